The molecule has 0 spiro atoms. The highest BCUT2D eigenvalue weighted by Crippen LogP contribution is 2.27. The number of para-hydroxylation sites is 1. The van der Waals surface area contributed by atoms with E-state index in [1.54, 1.807) is 60.8 Å². The van der Waals surface area contributed by atoms with Gasteiger partial charge in [-0.2, -0.15) is 0 Å². The standard InChI is InChI=1S/C18H14ClN3O/c19-14-8-3-1-6-12(14)17(23)13-7-2-4-10-16(13)22-18-15(20)9-5-11-21-18/h1-11H,20H2,(H,21,22). The third-order valence-electron chi connectivity index (χ3n) is 3.38. The normalized spacial score (nSPS) is 10.3. The number of halogens is 1. The smallest absolute Gasteiger partial charge is 0.196 e. The molecule has 0 radical (unpaired) electrons. The summed E-state index contributed by atoms with van der Waals surface area (Å²) in [4.78, 5) is 17.0. The Morgan fingerprint density at radius 3 is 2.39 bits per heavy atom. The number of carbonyl (C=O) groups excluding carboxylic acids is 1. The van der Waals surface area contributed by atoms with Crippen molar-refractivity contribution < 1.29 is 4.79 Å². The van der Waals surface area contributed by atoms with E-state index in [-0.39, 0.29) is 5.78 Å². The number of rotatable bonds is 4. The van der Waals surface area contributed by atoms with E-state index in [9.17, 15) is 4.79 Å². The highest BCUT2D eigenvalue weighted by atomic mass is 35.5. The Balaban J connectivity index is 2.00. The zero-order valence-electron chi connectivity index (χ0n) is 12.2. The molecule has 0 bridgehead atoms. The molecule has 0 fully saturated rings. The van der Waals surface area contributed by atoms with Crippen LogP contribution in [0.1, 0.15) is 15.9 Å². The molecule has 4 nitrogen and oxygen atoms in total. The molecule has 1 heterocycles. The van der Waals surface area contributed by atoms with Gasteiger partial charge in [-0.15, -0.1) is 0 Å². The van der Waals surface area contributed by atoms with Crippen LogP contribution < -0.4 is 11.1 Å². The molecule has 114 valence electrons. The molecule has 0 aliphatic carbocycles. The SMILES string of the molecule is Nc1cccnc1Nc1ccccc1C(=O)c1ccccc1Cl. The third-order valence-corrected chi connectivity index (χ3v) is 3.71. The topological polar surface area (TPSA) is 68.0 Å². The molecule has 3 rings (SSSR count). The van der Waals surface area contributed by atoms with Crippen LogP contribution in [0, 0.1) is 0 Å². The number of benzene rings is 2. The number of nitrogens with zero attached hydrogens (tertiary/aromatic N) is 1. The van der Waals surface area contributed by atoms with Gasteiger partial charge in [0.15, 0.2) is 11.6 Å². The van der Waals surface area contributed by atoms with Crippen LogP contribution in [0.4, 0.5) is 17.2 Å². The molecule has 0 saturated carbocycles. The lowest BCUT2D eigenvalue weighted by atomic mass is 10.0. The predicted octanol–water partition coefficient (Wildman–Crippen LogP) is 4.29. The van der Waals surface area contributed by atoms with E-state index in [1.165, 1.54) is 0 Å². The van der Waals surface area contributed by atoms with Crippen molar-refractivity contribution in [2.75, 3.05) is 11.1 Å². The Morgan fingerprint density at radius 2 is 1.65 bits per heavy atom. The fraction of sp³-hybridized carbons (Fsp3) is 0. The van der Waals surface area contributed by atoms with Gasteiger partial charge in [-0.1, -0.05) is 35.9 Å². The number of anilines is 3. The molecule has 1 aromatic heterocycles. The largest absolute Gasteiger partial charge is 0.396 e. The number of pyridine rings is 1. The molecule has 0 aliphatic rings. The molecule has 0 unspecified atom stereocenters. The molecule has 23 heavy (non-hydrogen) atoms. The van der Waals surface area contributed by atoms with Crippen LogP contribution in [-0.4, -0.2) is 10.8 Å². The zero-order chi connectivity index (χ0) is 16.2. The summed E-state index contributed by atoms with van der Waals surface area (Å²) in [5.74, 6) is 0.347. The first-order valence-corrected chi connectivity index (χ1v) is 7.40. The Bertz CT molecular complexity index is 864. The molecule has 0 saturated heterocycles. The molecule has 5 heteroatoms. The summed E-state index contributed by atoms with van der Waals surface area (Å²) in [6.07, 6.45) is 1.64. The maximum atomic E-state index is 12.8. The van der Waals surface area contributed by atoms with Crippen LogP contribution in [0.25, 0.3) is 0 Å². The van der Waals surface area contributed by atoms with Crippen LogP contribution in [-0.2, 0) is 0 Å². The van der Waals surface area contributed by atoms with E-state index >= 15 is 0 Å². The number of hydrogen-bond donors (Lipinski definition) is 2. The van der Waals surface area contributed by atoms with Crippen molar-refractivity contribution in [3.63, 3.8) is 0 Å². The number of nitrogen functional groups attached to an aromatic ring is 1. The number of aromatic nitrogens is 1. The lowest BCUT2D eigenvalue weighted by Gasteiger charge is -2.12. The number of carbonyl (C=O) groups is 1. The van der Waals surface area contributed by atoms with Gasteiger partial charge >= 0.3 is 0 Å². The fourth-order valence-corrected chi connectivity index (χ4v) is 2.45. The number of nitrogens with two attached hydrogens (primary N) is 1. The fourth-order valence-electron chi connectivity index (χ4n) is 2.23. The van der Waals surface area contributed by atoms with Gasteiger partial charge in [-0.3, -0.25) is 4.79 Å². The van der Waals surface area contributed by atoms with Crippen molar-refractivity contribution in [1.82, 2.24) is 4.98 Å². The van der Waals surface area contributed by atoms with Crippen LogP contribution in [0.2, 0.25) is 5.02 Å². The highest BCUT2D eigenvalue weighted by Gasteiger charge is 2.16. The minimum atomic E-state index is -0.159. The monoisotopic (exact) mass is 323 g/mol. The Kier molecular flexibility index (Phi) is 4.26. The van der Waals surface area contributed by atoms with Gasteiger partial charge in [0.05, 0.1) is 16.4 Å². The Labute approximate surface area is 138 Å². The molecule has 0 amide bonds. The Hall–Kier alpha value is -2.85. The summed E-state index contributed by atoms with van der Waals surface area (Å²) in [6, 6.07) is 17.7. The van der Waals surface area contributed by atoms with Gasteiger partial charge in [0, 0.05) is 17.3 Å². The minimum absolute atomic E-state index is 0.159. The van der Waals surface area contributed by atoms with Crippen molar-refractivity contribution in [3.8, 4) is 0 Å². The molecule has 3 N–H and O–H groups in total. The molecule has 0 aliphatic heterocycles. The van der Waals surface area contributed by atoms with Gasteiger partial charge < -0.3 is 11.1 Å². The number of hydrogen-bond acceptors (Lipinski definition) is 4. The predicted molar refractivity (Wildman–Crippen MR) is 93.3 cm³/mol. The van der Waals surface area contributed by atoms with E-state index in [2.05, 4.69) is 10.3 Å². The first-order chi connectivity index (χ1) is 11.2. The van der Waals surface area contributed by atoms with Crippen LogP contribution >= 0.6 is 11.6 Å². The molecule has 2 aromatic carbocycles. The first kappa shape index (κ1) is 15.1. The molecule has 0 atom stereocenters. The summed E-state index contributed by atoms with van der Waals surface area (Å²) in [5.41, 5.74) is 7.99. The van der Waals surface area contributed by atoms with Crippen molar-refractivity contribution in [1.29, 1.82) is 0 Å². The van der Waals surface area contributed by atoms with E-state index in [0.717, 1.165) is 0 Å². The maximum absolute atomic E-state index is 12.8. The summed E-state index contributed by atoms with van der Waals surface area (Å²) in [5, 5.41) is 3.53. The zero-order valence-corrected chi connectivity index (χ0v) is 12.9. The second-order valence-electron chi connectivity index (χ2n) is 4.92. The second kappa shape index (κ2) is 6.50. The Morgan fingerprint density at radius 1 is 0.957 bits per heavy atom. The second-order valence-corrected chi connectivity index (χ2v) is 5.33. The third kappa shape index (κ3) is 3.17. The quantitative estimate of drug-likeness (QED) is 0.703. The molecule has 3 aromatic rings. The molecular formula is C18H14ClN3O. The average Bonchev–Trinajstić information content (AvgIpc) is 2.57. The van der Waals surface area contributed by atoms with Gasteiger partial charge in [0.25, 0.3) is 0 Å². The molecular weight excluding hydrogens is 310 g/mol. The van der Waals surface area contributed by atoms with Gasteiger partial charge in [-0.05, 0) is 36.4 Å². The van der Waals surface area contributed by atoms with Crippen molar-refractivity contribution >= 4 is 34.6 Å². The van der Waals surface area contributed by atoms with E-state index in [4.69, 9.17) is 17.3 Å². The van der Waals surface area contributed by atoms with E-state index in [0.29, 0.717) is 33.3 Å². The van der Waals surface area contributed by atoms with E-state index in [1.807, 2.05) is 6.07 Å². The van der Waals surface area contributed by atoms with Crippen LogP contribution in [0.3, 0.4) is 0 Å². The summed E-state index contributed by atoms with van der Waals surface area (Å²) < 4.78 is 0. The van der Waals surface area contributed by atoms with Gasteiger partial charge in [-0.25, -0.2) is 4.98 Å². The van der Waals surface area contributed by atoms with Crippen molar-refractivity contribution in [3.05, 3.63) is 83.0 Å². The lowest BCUT2D eigenvalue weighted by Crippen LogP contribution is -2.07. The number of nitrogens with one attached hydrogen (secondary N) is 1. The average molecular weight is 324 g/mol. The summed E-state index contributed by atoms with van der Waals surface area (Å²) >= 11 is 6.13. The van der Waals surface area contributed by atoms with Crippen LogP contribution in [0.15, 0.2) is 66.9 Å². The van der Waals surface area contributed by atoms with Gasteiger partial charge in [0.1, 0.15) is 0 Å². The lowest BCUT2D eigenvalue weighted by molar-refractivity contribution is 0.103. The first-order valence-electron chi connectivity index (χ1n) is 7.02. The minimum Gasteiger partial charge on any atom is -0.396 e. The maximum Gasteiger partial charge on any atom is 0.196 e. The van der Waals surface area contributed by atoms with Gasteiger partial charge in [0.2, 0.25) is 0 Å². The van der Waals surface area contributed by atoms with Crippen molar-refractivity contribution in [2.45, 2.75) is 0 Å². The van der Waals surface area contributed by atoms with Crippen LogP contribution in [0.5, 0.6) is 0 Å². The van der Waals surface area contributed by atoms with Crippen molar-refractivity contribution in [2.24, 2.45) is 0 Å². The summed E-state index contributed by atoms with van der Waals surface area (Å²) in [6.45, 7) is 0. The summed E-state index contributed by atoms with van der Waals surface area (Å²) in [7, 11) is 0. The number of ketones is 1. The van der Waals surface area contributed by atoms with E-state index < -0.39 is 0 Å². The highest BCUT2D eigenvalue weighted by molar-refractivity contribution is 6.35.